The van der Waals surface area contributed by atoms with Crippen molar-refractivity contribution in [2.24, 2.45) is 0 Å². The summed E-state index contributed by atoms with van der Waals surface area (Å²) in [5.74, 6) is 0.735. The van der Waals surface area contributed by atoms with Gasteiger partial charge in [0.15, 0.2) is 11.5 Å². The molecule has 0 bridgehead atoms. The van der Waals surface area contributed by atoms with E-state index in [1.165, 1.54) is 0 Å². The molecule has 5 heteroatoms. The number of carboxylic acid groups (broad SMARTS) is 1. The van der Waals surface area contributed by atoms with Gasteiger partial charge < -0.3 is 19.5 Å². The number of rotatable bonds is 7. The number of carbonyl (C=O) groups is 1. The molecule has 1 unspecified atom stereocenters. The Hall–Kier alpha value is -1.75. The van der Waals surface area contributed by atoms with E-state index in [9.17, 15) is 4.79 Å². The van der Waals surface area contributed by atoms with Gasteiger partial charge in [-0.1, -0.05) is 6.07 Å². The lowest BCUT2D eigenvalue weighted by molar-refractivity contribution is -0.137. The van der Waals surface area contributed by atoms with Crippen LogP contribution in [0.25, 0.3) is 0 Å². The van der Waals surface area contributed by atoms with Crippen LogP contribution in [-0.4, -0.2) is 49.3 Å². The maximum Gasteiger partial charge on any atom is 0.303 e. The molecule has 1 saturated heterocycles. The largest absolute Gasteiger partial charge is 0.493 e. The van der Waals surface area contributed by atoms with E-state index in [0.717, 1.165) is 49.4 Å². The molecule has 0 spiro atoms. The van der Waals surface area contributed by atoms with Gasteiger partial charge in [0.2, 0.25) is 0 Å². The molecule has 0 aromatic heterocycles. The van der Waals surface area contributed by atoms with E-state index in [0.29, 0.717) is 6.42 Å². The minimum Gasteiger partial charge on any atom is -0.493 e. The first-order valence-corrected chi connectivity index (χ1v) is 7.82. The first-order chi connectivity index (χ1) is 10.6. The second-order valence-corrected chi connectivity index (χ2v) is 5.88. The molecular weight excluding hydrogens is 282 g/mol. The van der Waals surface area contributed by atoms with Gasteiger partial charge in [-0.2, -0.15) is 0 Å². The summed E-state index contributed by atoms with van der Waals surface area (Å²) >= 11 is 0. The fourth-order valence-electron chi connectivity index (χ4n) is 2.80. The Kier molecular flexibility index (Phi) is 6.07. The fraction of sp³-hybridized carbons (Fsp3) is 0.588. The summed E-state index contributed by atoms with van der Waals surface area (Å²) in [4.78, 5) is 12.8. The molecule has 1 aliphatic rings. The molecule has 122 valence electrons. The number of nitrogens with zero attached hydrogens (tertiary/aromatic N) is 1. The first kappa shape index (κ1) is 16.6. The highest BCUT2D eigenvalue weighted by molar-refractivity contribution is 5.66. The van der Waals surface area contributed by atoms with E-state index in [4.69, 9.17) is 14.6 Å². The average molecular weight is 307 g/mol. The van der Waals surface area contributed by atoms with E-state index >= 15 is 0 Å². The van der Waals surface area contributed by atoms with Crippen molar-refractivity contribution >= 4 is 5.97 Å². The van der Waals surface area contributed by atoms with Crippen LogP contribution in [0.2, 0.25) is 0 Å². The molecule has 1 aromatic carbocycles. The highest BCUT2D eigenvalue weighted by Crippen LogP contribution is 2.30. The Morgan fingerprint density at radius 2 is 2.23 bits per heavy atom. The Morgan fingerprint density at radius 3 is 2.91 bits per heavy atom. The van der Waals surface area contributed by atoms with E-state index in [-0.39, 0.29) is 12.5 Å². The highest BCUT2D eigenvalue weighted by atomic mass is 16.5. The maximum absolute atomic E-state index is 10.6. The molecule has 0 radical (unpaired) electrons. The number of hydrogen-bond donors (Lipinski definition) is 1. The van der Waals surface area contributed by atoms with Crippen LogP contribution in [0, 0.1) is 0 Å². The van der Waals surface area contributed by atoms with Crippen LogP contribution in [0.3, 0.4) is 0 Å². The lowest BCUT2D eigenvalue weighted by atomic mass is 10.1. The molecule has 1 aromatic rings. The van der Waals surface area contributed by atoms with E-state index in [1.54, 1.807) is 7.11 Å². The van der Waals surface area contributed by atoms with Crippen molar-refractivity contribution in [3.8, 4) is 11.5 Å². The van der Waals surface area contributed by atoms with Crippen molar-refractivity contribution in [3.63, 3.8) is 0 Å². The minimum atomic E-state index is -0.756. The fourth-order valence-corrected chi connectivity index (χ4v) is 2.80. The van der Waals surface area contributed by atoms with Crippen molar-refractivity contribution in [3.05, 3.63) is 23.8 Å². The van der Waals surface area contributed by atoms with Crippen molar-refractivity contribution in [2.75, 3.05) is 27.2 Å². The molecular formula is C17H25NO4. The van der Waals surface area contributed by atoms with E-state index in [2.05, 4.69) is 11.9 Å². The van der Waals surface area contributed by atoms with Gasteiger partial charge in [0.25, 0.3) is 0 Å². The molecule has 2 rings (SSSR count). The summed E-state index contributed by atoms with van der Waals surface area (Å²) in [6.45, 7) is 2.06. The van der Waals surface area contributed by atoms with Gasteiger partial charge in [0.05, 0.1) is 7.11 Å². The molecule has 0 aliphatic carbocycles. The molecule has 1 heterocycles. The third-order valence-electron chi connectivity index (χ3n) is 3.96. The number of aliphatic carboxylic acids is 1. The standard InChI is InChI=1S/C17H25NO4/c1-18-10-4-6-14(12-18)22-15-9-8-13(11-16(15)21-2)5-3-7-17(19)20/h8-9,11,14H,3-7,10,12H2,1-2H3,(H,19,20). The van der Waals surface area contributed by atoms with Gasteiger partial charge in [-0.05, 0) is 57.0 Å². The Morgan fingerprint density at radius 1 is 1.41 bits per heavy atom. The van der Waals surface area contributed by atoms with Gasteiger partial charge in [0, 0.05) is 13.0 Å². The number of methoxy groups -OCH3 is 1. The van der Waals surface area contributed by atoms with Gasteiger partial charge in [-0.25, -0.2) is 0 Å². The summed E-state index contributed by atoms with van der Waals surface area (Å²) in [6.07, 6.45) is 3.96. The lowest BCUT2D eigenvalue weighted by Gasteiger charge is -2.30. The van der Waals surface area contributed by atoms with Gasteiger partial charge >= 0.3 is 5.97 Å². The molecule has 1 atom stereocenters. The van der Waals surface area contributed by atoms with Crippen molar-refractivity contribution in [2.45, 2.75) is 38.2 Å². The van der Waals surface area contributed by atoms with Crippen LogP contribution in [0.1, 0.15) is 31.2 Å². The Bertz CT molecular complexity index is 503. The Balaban J connectivity index is 1.97. The summed E-state index contributed by atoms with van der Waals surface area (Å²) in [5.41, 5.74) is 1.08. The SMILES string of the molecule is COc1cc(CCCC(=O)O)ccc1OC1CCCN(C)C1. The number of hydrogen-bond acceptors (Lipinski definition) is 4. The summed E-state index contributed by atoms with van der Waals surface area (Å²) < 4.78 is 11.5. The normalized spacial score (nSPS) is 18.9. The van der Waals surface area contributed by atoms with Crippen molar-refractivity contribution in [1.29, 1.82) is 0 Å². The third-order valence-corrected chi connectivity index (χ3v) is 3.96. The first-order valence-electron chi connectivity index (χ1n) is 7.82. The van der Waals surface area contributed by atoms with Crippen LogP contribution in [-0.2, 0) is 11.2 Å². The second-order valence-electron chi connectivity index (χ2n) is 5.88. The van der Waals surface area contributed by atoms with E-state index < -0.39 is 5.97 Å². The predicted molar refractivity (Wildman–Crippen MR) is 84.7 cm³/mol. The van der Waals surface area contributed by atoms with E-state index in [1.807, 2.05) is 18.2 Å². The van der Waals surface area contributed by atoms with Crippen molar-refractivity contribution in [1.82, 2.24) is 4.90 Å². The summed E-state index contributed by atoms with van der Waals surface area (Å²) in [5, 5.41) is 8.69. The number of aryl methyl sites for hydroxylation is 1. The monoisotopic (exact) mass is 307 g/mol. The number of likely N-dealkylation sites (N-methyl/N-ethyl adjacent to an activating group) is 1. The number of carboxylic acids is 1. The van der Waals surface area contributed by atoms with Crippen molar-refractivity contribution < 1.29 is 19.4 Å². The average Bonchev–Trinajstić information content (AvgIpc) is 2.48. The van der Waals surface area contributed by atoms with Gasteiger partial charge in [-0.15, -0.1) is 0 Å². The number of benzene rings is 1. The van der Waals surface area contributed by atoms with Crippen LogP contribution in [0.15, 0.2) is 18.2 Å². The third kappa shape index (κ3) is 4.91. The van der Waals surface area contributed by atoms with Crippen LogP contribution in [0.4, 0.5) is 0 Å². The molecule has 5 nitrogen and oxygen atoms in total. The zero-order valence-corrected chi connectivity index (χ0v) is 13.4. The zero-order valence-electron chi connectivity index (χ0n) is 13.4. The minimum absolute atomic E-state index is 0.189. The number of ether oxygens (including phenoxy) is 2. The lowest BCUT2D eigenvalue weighted by Crippen LogP contribution is -2.38. The highest BCUT2D eigenvalue weighted by Gasteiger charge is 2.20. The maximum atomic E-state index is 10.6. The second kappa shape index (κ2) is 8.03. The molecule has 22 heavy (non-hydrogen) atoms. The molecule has 0 saturated carbocycles. The molecule has 1 aliphatic heterocycles. The topological polar surface area (TPSA) is 59.0 Å². The molecule has 1 fully saturated rings. The zero-order chi connectivity index (χ0) is 15.9. The predicted octanol–water partition coefficient (Wildman–Crippen LogP) is 2.58. The number of likely N-dealkylation sites (tertiary alicyclic amines) is 1. The van der Waals surface area contributed by atoms with Gasteiger partial charge in [-0.3, -0.25) is 4.79 Å². The smallest absolute Gasteiger partial charge is 0.303 e. The molecule has 1 N–H and O–H groups in total. The summed E-state index contributed by atoms with van der Waals surface area (Å²) in [7, 11) is 3.74. The quantitative estimate of drug-likeness (QED) is 0.839. The number of piperidine rings is 1. The summed E-state index contributed by atoms with van der Waals surface area (Å²) in [6, 6.07) is 5.87. The van der Waals surface area contributed by atoms with Crippen LogP contribution >= 0.6 is 0 Å². The Labute approximate surface area is 131 Å². The van der Waals surface area contributed by atoms with Gasteiger partial charge in [0.1, 0.15) is 6.10 Å². The molecule has 0 amide bonds. The van der Waals surface area contributed by atoms with Crippen LogP contribution < -0.4 is 9.47 Å². The van der Waals surface area contributed by atoms with Crippen LogP contribution in [0.5, 0.6) is 11.5 Å².